The molecule has 0 rings (SSSR count). The van der Waals surface area contributed by atoms with Gasteiger partial charge < -0.3 is 5.41 Å². The zero-order valence-corrected chi connectivity index (χ0v) is 7.01. The van der Waals surface area contributed by atoms with E-state index in [4.69, 9.17) is 5.41 Å². The summed E-state index contributed by atoms with van der Waals surface area (Å²) in [5, 5.41) is 6.84. The largest absolute Gasteiger partial charge is 0.309 e. The van der Waals surface area contributed by atoms with Crippen molar-refractivity contribution in [2.45, 2.75) is 19.8 Å². The van der Waals surface area contributed by atoms with Crippen LogP contribution in [-0.4, -0.2) is 6.21 Å². The standard InChI is InChI=1S/C10H15N/c1-3-5-6-7-10(4-2)8-9-11/h4-6,8-9,11H,2-3,7H2,1H3/b6-5-,10-8+,11-9?. The number of rotatable bonds is 5. The quantitative estimate of drug-likeness (QED) is 0.353. The minimum absolute atomic E-state index is 0.882. The SMILES string of the molecule is C=C/C(=C\C=N)C/C=C\CC. The van der Waals surface area contributed by atoms with Crippen LogP contribution in [0, 0.1) is 5.41 Å². The van der Waals surface area contributed by atoms with Gasteiger partial charge in [0.1, 0.15) is 0 Å². The van der Waals surface area contributed by atoms with Gasteiger partial charge >= 0.3 is 0 Å². The predicted octanol–water partition coefficient (Wildman–Crippen LogP) is 3.10. The molecule has 0 saturated heterocycles. The molecule has 0 aliphatic heterocycles. The van der Waals surface area contributed by atoms with Crippen molar-refractivity contribution in [3.63, 3.8) is 0 Å². The van der Waals surface area contributed by atoms with Crippen LogP contribution in [0.5, 0.6) is 0 Å². The smallest absolute Gasteiger partial charge is 0.0180 e. The first kappa shape index (κ1) is 9.89. The van der Waals surface area contributed by atoms with Gasteiger partial charge in [-0.15, -0.1) is 0 Å². The van der Waals surface area contributed by atoms with Crippen molar-refractivity contribution in [1.82, 2.24) is 0 Å². The Balaban J connectivity index is 3.88. The van der Waals surface area contributed by atoms with Crippen molar-refractivity contribution in [1.29, 1.82) is 5.41 Å². The van der Waals surface area contributed by atoms with E-state index < -0.39 is 0 Å². The maximum absolute atomic E-state index is 6.84. The van der Waals surface area contributed by atoms with Crippen molar-refractivity contribution < 1.29 is 0 Å². The lowest BCUT2D eigenvalue weighted by Crippen LogP contribution is -1.75. The van der Waals surface area contributed by atoms with Gasteiger partial charge in [-0.25, -0.2) is 0 Å². The zero-order valence-electron chi connectivity index (χ0n) is 7.01. The molecule has 0 aromatic rings. The average Bonchev–Trinajstić information content (AvgIpc) is 2.03. The van der Waals surface area contributed by atoms with E-state index in [0.29, 0.717) is 0 Å². The van der Waals surface area contributed by atoms with Gasteiger partial charge in [-0.05, 0) is 24.5 Å². The zero-order chi connectivity index (χ0) is 8.53. The molecule has 0 spiro atoms. The van der Waals surface area contributed by atoms with Gasteiger partial charge in [0.15, 0.2) is 0 Å². The van der Waals surface area contributed by atoms with Gasteiger partial charge in [0.2, 0.25) is 0 Å². The maximum atomic E-state index is 6.84. The maximum Gasteiger partial charge on any atom is 0.0180 e. The Morgan fingerprint density at radius 2 is 2.18 bits per heavy atom. The molecular formula is C10H15N. The van der Waals surface area contributed by atoms with Crippen LogP contribution in [0.15, 0.2) is 36.5 Å². The Labute approximate surface area is 68.6 Å². The molecule has 1 N–H and O–H groups in total. The molecule has 0 aromatic carbocycles. The summed E-state index contributed by atoms with van der Waals surface area (Å²) in [4.78, 5) is 0. The molecule has 11 heavy (non-hydrogen) atoms. The van der Waals surface area contributed by atoms with Crippen LogP contribution in [0.1, 0.15) is 19.8 Å². The lowest BCUT2D eigenvalue weighted by atomic mass is 10.1. The molecule has 0 atom stereocenters. The van der Waals surface area contributed by atoms with E-state index in [1.165, 1.54) is 6.21 Å². The second-order valence-corrected chi connectivity index (χ2v) is 2.20. The molecule has 0 amide bonds. The monoisotopic (exact) mass is 149 g/mol. The van der Waals surface area contributed by atoms with Gasteiger partial charge in [-0.1, -0.05) is 31.7 Å². The first-order valence-electron chi connectivity index (χ1n) is 3.82. The molecule has 0 bridgehead atoms. The molecule has 0 saturated carbocycles. The Bertz CT molecular complexity index is 175. The average molecular weight is 149 g/mol. The lowest BCUT2D eigenvalue weighted by Gasteiger charge is -1.92. The van der Waals surface area contributed by atoms with Crippen LogP contribution in [0.4, 0.5) is 0 Å². The van der Waals surface area contributed by atoms with Crippen LogP contribution in [0.25, 0.3) is 0 Å². The lowest BCUT2D eigenvalue weighted by molar-refractivity contribution is 1.18. The van der Waals surface area contributed by atoms with E-state index in [2.05, 4.69) is 25.7 Å². The molecule has 0 aliphatic rings. The molecule has 1 heteroatoms. The van der Waals surface area contributed by atoms with E-state index in [1.54, 1.807) is 12.2 Å². The van der Waals surface area contributed by atoms with Gasteiger partial charge in [0, 0.05) is 6.21 Å². The summed E-state index contributed by atoms with van der Waals surface area (Å²) in [6.45, 7) is 5.75. The van der Waals surface area contributed by atoms with E-state index >= 15 is 0 Å². The number of nitrogens with one attached hydrogen (secondary N) is 1. The molecule has 0 heterocycles. The normalized spacial score (nSPS) is 11.9. The third kappa shape index (κ3) is 5.34. The van der Waals surface area contributed by atoms with Crippen molar-refractivity contribution in [3.05, 3.63) is 36.5 Å². The molecule has 0 aromatic heterocycles. The second kappa shape index (κ2) is 7.00. The highest BCUT2D eigenvalue weighted by Crippen LogP contribution is 2.02. The summed E-state index contributed by atoms with van der Waals surface area (Å²) in [5.74, 6) is 0. The Morgan fingerprint density at radius 3 is 2.64 bits per heavy atom. The van der Waals surface area contributed by atoms with E-state index in [1.807, 2.05) is 0 Å². The summed E-state index contributed by atoms with van der Waals surface area (Å²) >= 11 is 0. The van der Waals surface area contributed by atoms with Crippen molar-refractivity contribution in [3.8, 4) is 0 Å². The highest BCUT2D eigenvalue weighted by Gasteiger charge is 1.83. The van der Waals surface area contributed by atoms with Gasteiger partial charge in [-0.2, -0.15) is 0 Å². The number of hydrogen-bond acceptors (Lipinski definition) is 1. The number of allylic oxidation sites excluding steroid dienone is 5. The van der Waals surface area contributed by atoms with Crippen LogP contribution >= 0.6 is 0 Å². The summed E-state index contributed by atoms with van der Waals surface area (Å²) < 4.78 is 0. The van der Waals surface area contributed by atoms with Crippen molar-refractivity contribution in [2.24, 2.45) is 0 Å². The van der Waals surface area contributed by atoms with Crippen LogP contribution in [-0.2, 0) is 0 Å². The third-order valence-corrected chi connectivity index (χ3v) is 1.32. The minimum Gasteiger partial charge on any atom is -0.309 e. The summed E-state index contributed by atoms with van der Waals surface area (Å²) in [6, 6.07) is 0. The Hall–Kier alpha value is -1.11. The predicted molar refractivity (Wildman–Crippen MR) is 51.1 cm³/mol. The summed E-state index contributed by atoms with van der Waals surface area (Å²) in [7, 11) is 0. The minimum atomic E-state index is 0.882. The molecular weight excluding hydrogens is 134 g/mol. The highest BCUT2D eigenvalue weighted by molar-refractivity contribution is 5.69. The molecule has 1 nitrogen and oxygen atoms in total. The highest BCUT2D eigenvalue weighted by atomic mass is 14.3. The van der Waals surface area contributed by atoms with E-state index in [0.717, 1.165) is 18.4 Å². The molecule has 0 unspecified atom stereocenters. The Kier molecular flexibility index (Phi) is 6.30. The van der Waals surface area contributed by atoms with E-state index in [9.17, 15) is 0 Å². The fourth-order valence-electron chi connectivity index (χ4n) is 0.713. The molecule has 0 aliphatic carbocycles. The fraction of sp³-hybridized carbons (Fsp3) is 0.300. The summed E-state index contributed by atoms with van der Waals surface area (Å²) in [5.41, 5.74) is 1.09. The first-order valence-corrected chi connectivity index (χ1v) is 3.82. The topological polar surface area (TPSA) is 23.9 Å². The number of hydrogen-bond donors (Lipinski definition) is 1. The van der Waals surface area contributed by atoms with Crippen LogP contribution < -0.4 is 0 Å². The van der Waals surface area contributed by atoms with Crippen molar-refractivity contribution in [2.75, 3.05) is 0 Å². The molecule has 0 radical (unpaired) electrons. The van der Waals surface area contributed by atoms with E-state index in [-0.39, 0.29) is 0 Å². The van der Waals surface area contributed by atoms with Crippen LogP contribution in [0.2, 0.25) is 0 Å². The van der Waals surface area contributed by atoms with Crippen molar-refractivity contribution >= 4 is 6.21 Å². The van der Waals surface area contributed by atoms with Gasteiger partial charge in [0.05, 0.1) is 0 Å². The van der Waals surface area contributed by atoms with Gasteiger partial charge in [0.25, 0.3) is 0 Å². The fourth-order valence-corrected chi connectivity index (χ4v) is 0.713. The second-order valence-electron chi connectivity index (χ2n) is 2.20. The van der Waals surface area contributed by atoms with Crippen LogP contribution in [0.3, 0.4) is 0 Å². The summed E-state index contributed by atoms with van der Waals surface area (Å²) in [6.07, 6.45) is 11.0. The van der Waals surface area contributed by atoms with Gasteiger partial charge in [-0.3, -0.25) is 0 Å². The molecule has 0 fully saturated rings. The molecule has 60 valence electrons. The Morgan fingerprint density at radius 1 is 1.45 bits per heavy atom. The first-order chi connectivity index (χ1) is 5.35. The third-order valence-electron chi connectivity index (χ3n) is 1.32.